The summed E-state index contributed by atoms with van der Waals surface area (Å²) in [6.07, 6.45) is 0.242. The molecule has 1 aliphatic rings. The number of nitrogens with one attached hydrogen (secondary N) is 1. The number of carboxylic acid groups (broad SMARTS) is 1. The van der Waals surface area contributed by atoms with Crippen LogP contribution in [0.5, 0.6) is 5.75 Å². The predicted molar refractivity (Wildman–Crippen MR) is 64.4 cm³/mol. The summed E-state index contributed by atoms with van der Waals surface area (Å²) < 4.78 is 32.2. The summed E-state index contributed by atoms with van der Waals surface area (Å²) in [5.74, 6) is -3.55. The summed E-state index contributed by atoms with van der Waals surface area (Å²) in [4.78, 5) is 10.9. The minimum absolute atomic E-state index is 0.157. The fourth-order valence-corrected chi connectivity index (χ4v) is 2.36. The van der Waals surface area contributed by atoms with Crippen LogP contribution in [0.4, 0.5) is 8.78 Å². The lowest BCUT2D eigenvalue weighted by atomic mass is 9.99. The van der Waals surface area contributed by atoms with Crippen molar-refractivity contribution in [1.82, 2.24) is 5.32 Å². The van der Waals surface area contributed by atoms with E-state index in [0.29, 0.717) is 0 Å². The quantitative estimate of drug-likeness (QED) is 0.840. The molecule has 0 spiro atoms. The van der Waals surface area contributed by atoms with Crippen LogP contribution in [0.3, 0.4) is 0 Å². The van der Waals surface area contributed by atoms with Gasteiger partial charge in [-0.3, -0.25) is 4.79 Å². The zero-order valence-corrected chi connectivity index (χ0v) is 10.8. The zero-order valence-electron chi connectivity index (χ0n) is 10.0. The number of carbonyl (C=O) groups is 1. The van der Waals surface area contributed by atoms with E-state index in [1.807, 2.05) is 0 Å². The van der Waals surface area contributed by atoms with Gasteiger partial charge in [-0.15, -0.1) is 0 Å². The van der Waals surface area contributed by atoms with Crippen molar-refractivity contribution in [1.29, 1.82) is 0 Å². The highest BCUT2D eigenvalue weighted by atomic mass is 35.5. The van der Waals surface area contributed by atoms with E-state index in [1.54, 1.807) is 0 Å². The van der Waals surface area contributed by atoms with Crippen molar-refractivity contribution < 1.29 is 23.4 Å². The average Bonchev–Trinajstić information content (AvgIpc) is 2.85. The number of hydrogen-bond donors (Lipinski definition) is 2. The van der Waals surface area contributed by atoms with Gasteiger partial charge >= 0.3 is 5.97 Å². The molecular weight excluding hydrogens is 280 g/mol. The van der Waals surface area contributed by atoms with Gasteiger partial charge in [0.25, 0.3) is 0 Å². The number of carboxylic acids is 1. The van der Waals surface area contributed by atoms with Crippen LogP contribution in [0.25, 0.3) is 0 Å². The van der Waals surface area contributed by atoms with Crippen LogP contribution in [0, 0.1) is 17.6 Å². The summed E-state index contributed by atoms with van der Waals surface area (Å²) in [5, 5.41) is 11.2. The molecule has 2 unspecified atom stereocenters. The van der Waals surface area contributed by atoms with Gasteiger partial charge in [-0.05, 0) is 12.5 Å². The van der Waals surface area contributed by atoms with Crippen molar-refractivity contribution in [3.05, 3.63) is 28.3 Å². The summed E-state index contributed by atoms with van der Waals surface area (Å²) in [6, 6.07) is 0.601. The average molecular weight is 292 g/mol. The van der Waals surface area contributed by atoms with Crippen LogP contribution >= 0.6 is 11.6 Å². The molecule has 1 aliphatic heterocycles. The molecule has 0 radical (unpaired) electrons. The molecule has 1 fully saturated rings. The third-order valence-electron chi connectivity index (χ3n) is 3.21. The van der Waals surface area contributed by atoms with Crippen LogP contribution in [0.15, 0.2) is 6.07 Å². The molecule has 104 valence electrons. The Morgan fingerprint density at radius 1 is 1.58 bits per heavy atom. The van der Waals surface area contributed by atoms with E-state index in [-0.39, 0.29) is 24.3 Å². The zero-order chi connectivity index (χ0) is 14.2. The lowest BCUT2D eigenvalue weighted by Crippen LogP contribution is -2.17. The van der Waals surface area contributed by atoms with Crippen LogP contribution in [0.2, 0.25) is 5.02 Å². The number of ether oxygens (including phenoxy) is 1. The fourth-order valence-electron chi connectivity index (χ4n) is 2.22. The summed E-state index contributed by atoms with van der Waals surface area (Å²) in [6.45, 7) is 0.245. The Labute approximate surface area is 113 Å². The van der Waals surface area contributed by atoms with Gasteiger partial charge < -0.3 is 15.2 Å². The summed E-state index contributed by atoms with van der Waals surface area (Å²) in [7, 11) is 1.25. The Morgan fingerprint density at radius 3 is 2.79 bits per heavy atom. The van der Waals surface area contributed by atoms with Crippen LogP contribution in [-0.2, 0) is 4.79 Å². The first kappa shape index (κ1) is 14.0. The van der Waals surface area contributed by atoms with E-state index in [2.05, 4.69) is 5.32 Å². The minimum atomic E-state index is -0.972. The largest absolute Gasteiger partial charge is 0.493 e. The standard InChI is InChI=1S/C12H12ClF2NO3/c1-19-11-6(3-7(14)9(13)10(11)15)8-2-5(4-16-8)12(17)18/h3,5,8,16H,2,4H2,1H3,(H,17,18). The molecule has 0 aliphatic carbocycles. The van der Waals surface area contributed by atoms with Gasteiger partial charge in [0.1, 0.15) is 10.8 Å². The van der Waals surface area contributed by atoms with Crippen LogP contribution in [-0.4, -0.2) is 24.7 Å². The molecule has 2 rings (SSSR count). The van der Waals surface area contributed by atoms with Gasteiger partial charge in [0.15, 0.2) is 11.6 Å². The molecule has 2 N–H and O–H groups in total. The second kappa shape index (κ2) is 5.30. The molecule has 2 atom stereocenters. The fraction of sp³-hybridized carbons (Fsp3) is 0.417. The Morgan fingerprint density at radius 2 is 2.26 bits per heavy atom. The molecule has 0 bridgehead atoms. The normalized spacial score (nSPS) is 22.5. The van der Waals surface area contributed by atoms with Crippen LogP contribution < -0.4 is 10.1 Å². The first-order valence-electron chi connectivity index (χ1n) is 5.63. The van der Waals surface area contributed by atoms with Gasteiger partial charge in [-0.2, -0.15) is 0 Å². The SMILES string of the molecule is COc1c(C2CC(C(=O)O)CN2)cc(F)c(Cl)c1F. The van der Waals surface area contributed by atoms with E-state index in [4.69, 9.17) is 21.4 Å². The Balaban J connectivity index is 2.38. The number of rotatable bonds is 3. The second-order valence-electron chi connectivity index (χ2n) is 4.34. The second-order valence-corrected chi connectivity index (χ2v) is 4.72. The molecular formula is C12H12ClF2NO3. The highest BCUT2D eigenvalue weighted by molar-refractivity contribution is 6.31. The molecule has 4 nitrogen and oxygen atoms in total. The van der Waals surface area contributed by atoms with E-state index in [0.717, 1.165) is 6.07 Å². The number of aliphatic carboxylic acids is 1. The molecule has 1 aromatic carbocycles. The molecule has 19 heavy (non-hydrogen) atoms. The summed E-state index contributed by atoms with van der Waals surface area (Å²) in [5.41, 5.74) is 0.241. The lowest BCUT2D eigenvalue weighted by Gasteiger charge is -2.16. The van der Waals surface area contributed by atoms with E-state index in [1.165, 1.54) is 7.11 Å². The van der Waals surface area contributed by atoms with Crippen molar-refractivity contribution in [2.24, 2.45) is 5.92 Å². The minimum Gasteiger partial charge on any atom is -0.493 e. The van der Waals surface area contributed by atoms with Crippen molar-refractivity contribution in [2.45, 2.75) is 12.5 Å². The Kier molecular flexibility index (Phi) is 3.91. The first-order chi connectivity index (χ1) is 8.95. The van der Waals surface area contributed by atoms with E-state index >= 15 is 0 Å². The van der Waals surface area contributed by atoms with E-state index < -0.39 is 34.6 Å². The van der Waals surface area contributed by atoms with E-state index in [9.17, 15) is 13.6 Å². The van der Waals surface area contributed by atoms with Gasteiger partial charge in [0.05, 0.1) is 13.0 Å². The van der Waals surface area contributed by atoms with Crippen molar-refractivity contribution in [3.8, 4) is 5.75 Å². The first-order valence-corrected chi connectivity index (χ1v) is 6.01. The van der Waals surface area contributed by atoms with Crippen molar-refractivity contribution in [3.63, 3.8) is 0 Å². The monoisotopic (exact) mass is 291 g/mol. The highest BCUT2D eigenvalue weighted by Gasteiger charge is 2.33. The molecule has 1 heterocycles. The number of hydrogen-bond acceptors (Lipinski definition) is 3. The lowest BCUT2D eigenvalue weighted by molar-refractivity contribution is -0.141. The number of methoxy groups -OCH3 is 1. The van der Waals surface area contributed by atoms with Gasteiger partial charge in [0.2, 0.25) is 0 Å². The topological polar surface area (TPSA) is 58.6 Å². The Hall–Kier alpha value is -1.40. The molecule has 0 saturated carbocycles. The third-order valence-corrected chi connectivity index (χ3v) is 3.55. The third kappa shape index (κ3) is 2.50. The number of benzene rings is 1. The number of halogens is 3. The van der Waals surface area contributed by atoms with Crippen molar-refractivity contribution >= 4 is 17.6 Å². The highest BCUT2D eigenvalue weighted by Crippen LogP contribution is 2.38. The van der Waals surface area contributed by atoms with Gasteiger partial charge in [-0.1, -0.05) is 11.6 Å². The molecule has 0 aromatic heterocycles. The van der Waals surface area contributed by atoms with Crippen molar-refractivity contribution in [2.75, 3.05) is 13.7 Å². The maximum Gasteiger partial charge on any atom is 0.307 e. The molecule has 1 aromatic rings. The predicted octanol–water partition coefficient (Wildman–Crippen LogP) is 2.36. The summed E-state index contributed by atoms with van der Waals surface area (Å²) >= 11 is 5.47. The van der Waals surface area contributed by atoms with Crippen LogP contribution in [0.1, 0.15) is 18.0 Å². The van der Waals surface area contributed by atoms with Gasteiger partial charge in [-0.25, -0.2) is 8.78 Å². The molecule has 0 amide bonds. The Bertz CT molecular complexity index is 524. The maximum absolute atomic E-state index is 13.8. The smallest absolute Gasteiger partial charge is 0.307 e. The molecule has 7 heteroatoms. The molecule has 1 saturated heterocycles. The maximum atomic E-state index is 13.8. The van der Waals surface area contributed by atoms with Gasteiger partial charge in [0, 0.05) is 18.2 Å².